The molecule has 9 nitrogen and oxygen atoms in total. The van der Waals surface area contributed by atoms with Crippen LogP contribution in [0.5, 0.6) is 0 Å². The number of primary amides is 1. The second-order valence-corrected chi connectivity index (χ2v) is 3.02. The number of nitro benzene ring substituents is 2. The van der Waals surface area contributed by atoms with Crippen LogP contribution in [0, 0.1) is 27.2 Å². The standard InChI is InChI=1S/C8H7N3O5.H2O/c1-4-6(8(9)12)2-5(10(13)14)3-7(4)11(15)16;/h2-3H,1H3,(H2,9,12);1H2. The third-order valence-corrected chi connectivity index (χ3v) is 2.04. The Labute approximate surface area is 94.4 Å². The topological polar surface area (TPSA) is 161 Å². The summed E-state index contributed by atoms with van der Waals surface area (Å²) in [4.78, 5) is 30.4. The van der Waals surface area contributed by atoms with Crippen molar-refractivity contribution in [3.8, 4) is 0 Å². The summed E-state index contributed by atoms with van der Waals surface area (Å²) in [6.07, 6.45) is 0. The second-order valence-electron chi connectivity index (χ2n) is 3.02. The number of carbonyl (C=O) groups is 1. The molecule has 1 amide bonds. The predicted octanol–water partition coefficient (Wildman–Crippen LogP) is 0.0856. The summed E-state index contributed by atoms with van der Waals surface area (Å²) in [5.74, 6) is -0.940. The fraction of sp³-hybridized carbons (Fsp3) is 0.125. The monoisotopic (exact) mass is 243 g/mol. The highest BCUT2D eigenvalue weighted by Crippen LogP contribution is 2.27. The van der Waals surface area contributed by atoms with E-state index in [1.807, 2.05) is 0 Å². The van der Waals surface area contributed by atoms with Crippen molar-refractivity contribution in [3.05, 3.63) is 43.5 Å². The lowest BCUT2D eigenvalue weighted by molar-refractivity contribution is -0.394. The zero-order valence-corrected chi connectivity index (χ0v) is 8.67. The molecule has 92 valence electrons. The maximum absolute atomic E-state index is 10.9. The number of hydrogen-bond donors (Lipinski definition) is 1. The quantitative estimate of drug-likeness (QED) is 0.586. The van der Waals surface area contributed by atoms with Gasteiger partial charge in [0.1, 0.15) is 0 Å². The van der Waals surface area contributed by atoms with Gasteiger partial charge in [0.25, 0.3) is 11.4 Å². The molecule has 0 saturated heterocycles. The van der Waals surface area contributed by atoms with Gasteiger partial charge in [-0.05, 0) is 6.92 Å². The summed E-state index contributed by atoms with van der Waals surface area (Å²) in [6.45, 7) is 1.31. The molecule has 17 heavy (non-hydrogen) atoms. The first-order valence-electron chi connectivity index (χ1n) is 4.08. The average molecular weight is 243 g/mol. The largest absolute Gasteiger partial charge is 0.412 e. The molecule has 1 aromatic rings. The van der Waals surface area contributed by atoms with Crippen LogP contribution in [0.25, 0.3) is 0 Å². The van der Waals surface area contributed by atoms with Crippen LogP contribution in [0.2, 0.25) is 0 Å². The van der Waals surface area contributed by atoms with Crippen molar-refractivity contribution in [2.75, 3.05) is 0 Å². The second kappa shape index (κ2) is 4.99. The number of hydrogen-bond acceptors (Lipinski definition) is 5. The Hall–Kier alpha value is -2.55. The van der Waals surface area contributed by atoms with E-state index in [4.69, 9.17) is 5.73 Å². The van der Waals surface area contributed by atoms with Crippen LogP contribution in [0.1, 0.15) is 15.9 Å². The van der Waals surface area contributed by atoms with Crippen LogP contribution in [0.3, 0.4) is 0 Å². The first-order chi connectivity index (χ1) is 7.34. The minimum absolute atomic E-state index is 0. The van der Waals surface area contributed by atoms with E-state index in [0.29, 0.717) is 0 Å². The molecule has 0 radical (unpaired) electrons. The summed E-state index contributed by atoms with van der Waals surface area (Å²) in [5.41, 5.74) is 3.73. The van der Waals surface area contributed by atoms with Gasteiger partial charge < -0.3 is 11.2 Å². The fourth-order valence-electron chi connectivity index (χ4n) is 1.24. The van der Waals surface area contributed by atoms with E-state index in [9.17, 15) is 25.0 Å². The fourth-order valence-corrected chi connectivity index (χ4v) is 1.24. The first-order valence-corrected chi connectivity index (χ1v) is 4.08. The lowest BCUT2D eigenvalue weighted by Crippen LogP contribution is -2.14. The zero-order chi connectivity index (χ0) is 12.5. The van der Waals surface area contributed by atoms with Crippen LogP contribution in [0.4, 0.5) is 11.4 Å². The van der Waals surface area contributed by atoms with Crippen molar-refractivity contribution >= 4 is 17.3 Å². The Morgan fingerprint density at radius 3 is 2.12 bits per heavy atom. The summed E-state index contributed by atoms with van der Waals surface area (Å²) in [6, 6.07) is 1.71. The van der Waals surface area contributed by atoms with E-state index in [0.717, 1.165) is 12.1 Å². The van der Waals surface area contributed by atoms with Crippen molar-refractivity contribution in [2.24, 2.45) is 5.73 Å². The molecule has 0 aliphatic heterocycles. The van der Waals surface area contributed by atoms with Crippen LogP contribution in [-0.2, 0) is 0 Å². The summed E-state index contributed by atoms with van der Waals surface area (Å²) in [7, 11) is 0. The lowest BCUT2D eigenvalue weighted by atomic mass is 10.1. The molecular formula is C8H9N3O6. The van der Waals surface area contributed by atoms with E-state index in [2.05, 4.69) is 0 Å². The Bertz CT molecular complexity index is 463. The normalized spacial score (nSPS) is 9.24. The van der Waals surface area contributed by atoms with Crippen molar-refractivity contribution < 1.29 is 20.1 Å². The number of nitrogens with zero attached hydrogens (tertiary/aromatic N) is 2. The van der Waals surface area contributed by atoms with Crippen molar-refractivity contribution in [3.63, 3.8) is 0 Å². The molecule has 0 aromatic heterocycles. The number of benzene rings is 1. The maximum atomic E-state index is 10.9. The Morgan fingerprint density at radius 2 is 1.76 bits per heavy atom. The van der Waals surface area contributed by atoms with Gasteiger partial charge in [0.2, 0.25) is 5.91 Å². The van der Waals surface area contributed by atoms with Gasteiger partial charge in [0.05, 0.1) is 21.5 Å². The number of amides is 1. The van der Waals surface area contributed by atoms with E-state index in [-0.39, 0.29) is 16.6 Å². The van der Waals surface area contributed by atoms with Crippen molar-refractivity contribution in [2.45, 2.75) is 6.92 Å². The highest BCUT2D eigenvalue weighted by Gasteiger charge is 2.23. The number of carbonyl (C=O) groups excluding carboxylic acids is 1. The molecule has 0 fully saturated rings. The summed E-state index contributed by atoms with van der Waals surface area (Å²) in [5, 5.41) is 21.1. The molecule has 9 heteroatoms. The van der Waals surface area contributed by atoms with E-state index in [1.165, 1.54) is 6.92 Å². The molecule has 0 aliphatic carbocycles. The lowest BCUT2D eigenvalue weighted by Gasteiger charge is -2.02. The Kier molecular flexibility index (Phi) is 4.24. The van der Waals surface area contributed by atoms with E-state index < -0.39 is 27.1 Å². The Morgan fingerprint density at radius 1 is 1.24 bits per heavy atom. The van der Waals surface area contributed by atoms with Gasteiger partial charge in [-0.25, -0.2) is 0 Å². The van der Waals surface area contributed by atoms with Crippen molar-refractivity contribution in [1.29, 1.82) is 0 Å². The third-order valence-electron chi connectivity index (χ3n) is 2.04. The zero-order valence-electron chi connectivity index (χ0n) is 8.67. The highest BCUT2D eigenvalue weighted by molar-refractivity contribution is 5.96. The number of rotatable bonds is 3. The SMILES string of the molecule is Cc1c(C(N)=O)cc([N+](=O)[O-])cc1[N+](=O)[O-].O. The maximum Gasteiger partial charge on any atom is 0.279 e. The predicted molar refractivity (Wildman–Crippen MR) is 56.6 cm³/mol. The molecule has 0 bridgehead atoms. The molecule has 0 heterocycles. The van der Waals surface area contributed by atoms with Crippen LogP contribution in [0.15, 0.2) is 12.1 Å². The van der Waals surface area contributed by atoms with Gasteiger partial charge in [0.15, 0.2) is 0 Å². The minimum atomic E-state index is -0.940. The molecule has 1 aromatic carbocycles. The van der Waals surface area contributed by atoms with Gasteiger partial charge in [-0.15, -0.1) is 0 Å². The van der Waals surface area contributed by atoms with Gasteiger partial charge >= 0.3 is 0 Å². The van der Waals surface area contributed by atoms with Crippen LogP contribution < -0.4 is 5.73 Å². The molecular weight excluding hydrogens is 234 g/mol. The third kappa shape index (κ3) is 2.72. The van der Waals surface area contributed by atoms with Gasteiger partial charge in [-0.3, -0.25) is 25.0 Å². The van der Waals surface area contributed by atoms with E-state index in [1.54, 1.807) is 0 Å². The van der Waals surface area contributed by atoms with Crippen LogP contribution >= 0.6 is 0 Å². The molecule has 0 aliphatic rings. The molecule has 0 saturated carbocycles. The smallest absolute Gasteiger partial charge is 0.279 e. The molecule has 0 atom stereocenters. The molecule has 4 N–H and O–H groups in total. The average Bonchev–Trinajstić information content (AvgIpc) is 2.16. The van der Waals surface area contributed by atoms with Crippen LogP contribution in [-0.4, -0.2) is 21.2 Å². The van der Waals surface area contributed by atoms with Gasteiger partial charge in [0, 0.05) is 11.6 Å². The molecule has 0 unspecified atom stereocenters. The number of non-ortho nitro benzene ring substituents is 1. The number of nitrogens with two attached hydrogens (primary N) is 1. The molecule has 0 spiro atoms. The summed E-state index contributed by atoms with van der Waals surface area (Å²) < 4.78 is 0. The molecule has 1 rings (SSSR count). The first kappa shape index (κ1) is 14.5. The van der Waals surface area contributed by atoms with Gasteiger partial charge in [-0.1, -0.05) is 0 Å². The van der Waals surface area contributed by atoms with E-state index >= 15 is 0 Å². The number of nitro groups is 2. The minimum Gasteiger partial charge on any atom is -0.412 e. The Balaban J connectivity index is 0.00000256. The summed E-state index contributed by atoms with van der Waals surface area (Å²) >= 11 is 0. The van der Waals surface area contributed by atoms with Crippen molar-refractivity contribution in [1.82, 2.24) is 0 Å². The van der Waals surface area contributed by atoms with Gasteiger partial charge in [-0.2, -0.15) is 0 Å². The highest BCUT2D eigenvalue weighted by atomic mass is 16.6.